The summed E-state index contributed by atoms with van der Waals surface area (Å²) >= 11 is 7.07. The summed E-state index contributed by atoms with van der Waals surface area (Å²) in [6.07, 6.45) is 0. The van der Waals surface area contributed by atoms with Gasteiger partial charge in [0.05, 0.1) is 15.8 Å². The highest BCUT2D eigenvalue weighted by Crippen LogP contribution is 2.23. The average molecular weight is 305 g/mol. The first-order valence-electron chi connectivity index (χ1n) is 5.96. The molecule has 0 radical (unpaired) electrons. The Kier molecular flexibility index (Phi) is 4.80. The van der Waals surface area contributed by atoms with Gasteiger partial charge in [0.25, 0.3) is 5.91 Å². The van der Waals surface area contributed by atoms with E-state index in [9.17, 15) is 4.79 Å². The zero-order valence-electron chi connectivity index (χ0n) is 10.9. The first kappa shape index (κ1) is 14.6. The summed E-state index contributed by atoms with van der Waals surface area (Å²) in [5.74, 6) is 5.58. The molecule has 1 aromatic carbocycles. The summed E-state index contributed by atoms with van der Waals surface area (Å²) in [4.78, 5) is 12.6. The first-order valence-corrected chi connectivity index (χ1v) is 7.15. The van der Waals surface area contributed by atoms with Crippen LogP contribution < -0.4 is 11.1 Å². The van der Waals surface area contributed by atoms with Crippen LogP contribution in [0, 0.1) is 18.8 Å². The molecular weight excluding hydrogens is 292 g/mol. The zero-order valence-corrected chi connectivity index (χ0v) is 12.4. The van der Waals surface area contributed by atoms with Gasteiger partial charge in [-0.1, -0.05) is 23.4 Å². The van der Waals surface area contributed by atoms with E-state index in [2.05, 4.69) is 17.2 Å². The quantitative estimate of drug-likeness (QED) is 0.837. The number of thiophene rings is 1. The van der Waals surface area contributed by atoms with Crippen LogP contribution in [0.1, 0.15) is 20.8 Å². The third-order valence-electron chi connectivity index (χ3n) is 2.47. The van der Waals surface area contributed by atoms with E-state index in [0.717, 1.165) is 11.1 Å². The summed E-state index contributed by atoms with van der Waals surface area (Å²) in [6, 6.07) is 9.06. The highest BCUT2D eigenvalue weighted by molar-refractivity contribution is 7.18. The third-order valence-corrected chi connectivity index (χ3v) is 3.70. The minimum absolute atomic E-state index is 0.176. The molecule has 0 bridgehead atoms. The van der Waals surface area contributed by atoms with E-state index in [1.165, 1.54) is 11.3 Å². The normalized spacial score (nSPS) is 9.75. The maximum absolute atomic E-state index is 12.0. The number of hydrogen-bond donors (Lipinski definition) is 2. The van der Waals surface area contributed by atoms with Crippen molar-refractivity contribution in [3.63, 3.8) is 0 Å². The van der Waals surface area contributed by atoms with Gasteiger partial charge in [0.15, 0.2) is 0 Å². The van der Waals surface area contributed by atoms with E-state index >= 15 is 0 Å². The van der Waals surface area contributed by atoms with Gasteiger partial charge in [-0.05, 0) is 42.8 Å². The molecule has 0 aliphatic heterocycles. The molecule has 0 spiro atoms. The summed E-state index contributed by atoms with van der Waals surface area (Å²) in [7, 11) is 0. The molecule has 0 atom stereocenters. The second kappa shape index (κ2) is 6.58. The number of halogens is 1. The Morgan fingerprint density at radius 2 is 2.20 bits per heavy atom. The molecule has 2 rings (SSSR count). The molecule has 3 N–H and O–H groups in total. The Morgan fingerprint density at radius 3 is 2.85 bits per heavy atom. The van der Waals surface area contributed by atoms with Gasteiger partial charge in [-0.2, -0.15) is 0 Å². The molecule has 0 aliphatic rings. The maximum Gasteiger partial charge on any atom is 0.265 e. The number of benzene rings is 1. The highest BCUT2D eigenvalue weighted by atomic mass is 35.5. The fraction of sp³-hybridized carbons (Fsp3) is 0.133. The Hall–Kier alpha value is -1.80. The van der Waals surface area contributed by atoms with Gasteiger partial charge < -0.3 is 11.1 Å². The lowest BCUT2D eigenvalue weighted by Gasteiger charge is -2.06. The smallest absolute Gasteiger partial charge is 0.265 e. The molecule has 102 valence electrons. The highest BCUT2D eigenvalue weighted by Gasteiger charge is 2.09. The van der Waals surface area contributed by atoms with Crippen molar-refractivity contribution in [3.8, 4) is 11.8 Å². The van der Waals surface area contributed by atoms with Crippen molar-refractivity contribution >= 4 is 34.5 Å². The third kappa shape index (κ3) is 3.84. The van der Waals surface area contributed by atoms with Crippen LogP contribution in [0.2, 0.25) is 4.34 Å². The lowest BCUT2D eigenvalue weighted by molar-refractivity contribution is 0.103. The Bertz CT molecular complexity index is 697. The van der Waals surface area contributed by atoms with Gasteiger partial charge in [0, 0.05) is 11.3 Å². The van der Waals surface area contributed by atoms with E-state index in [4.69, 9.17) is 17.3 Å². The van der Waals surface area contributed by atoms with Crippen LogP contribution >= 0.6 is 22.9 Å². The predicted molar refractivity (Wildman–Crippen MR) is 84.4 cm³/mol. The molecule has 1 heterocycles. The Labute approximate surface area is 126 Å². The number of amides is 1. The van der Waals surface area contributed by atoms with E-state index < -0.39 is 0 Å². The Balaban J connectivity index is 2.20. The Morgan fingerprint density at radius 1 is 1.40 bits per heavy atom. The van der Waals surface area contributed by atoms with Gasteiger partial charge in [-0.3, -0.25) is 4.79 Å². The molecule has 0 saturated carbocycles. The van der Waals surface area contributed by atoms with Gasteiger partial charge in [-0.25, -0.2) is 0 Å². The topological polar surface area (TPSA) is 55.1 Å². The largest absolute Gasteiger partial charge is 0.321 e. The number of carbonyl (C=O) groups excluding carboxylic acids is 1. The molecule has 2 aromatic rings. The number of carbonyl (C=O) groups is 1. The van der Waals surface area contributed by atoms with Crippen molar-refractivity contribution < 1.29 is 4.79 Å². The molecule has 0 aliphatic carbocycles. The molecule has 0 fully saturated rings. The maximum atomic E-state index is 12.0. The summed E-state index contributed by atoms with van der Waals surface area (Å²) < 4.78 is 0.592. The van der Waals surface area contributed by atoms with E-state index in [1.54, 1.807) is 12.1 Å². The minimum atomic E-state index is -0.176. The van der Waals surface area contributed by atoms with Crippen LogP contribution in [0.3, 0.4) is 0 Å². The lowest BCUT2D eigenvalue weighted by Crippen LogP contribution is -2.10. The number of anilines is 1. The van der Waals surface area contributed by atoms with Crippen LogP contribution in [0.25, 0.3) is 0 Å². The van der Waals surface area contributed by atoms with Gasteiger partial charge >= 0.3 is 0 Å². The number of nitrogens with two attached hydrogens (primary N) is 1. The molecule has 0 unspecified atom stereocenters. The minimum Gasteiger partial charge on any atom is -0.321 e. The summed E-state index contributed by atoms with van der Waals surface area (Å²) in [6.45, 7) is 2.26. The summed E-state index contributed by atoms with van der Waals surface area (Å²) in [5.41, 5.74) is 7.92. The van der Waals surface area contributed by atoms with Crippen molar-refractivity contribution in [1.29, 1.82) is 0 Å². The number of aryl methyl sites for hydroxylation is 1. The van der Waals surface area contributed by atoms with E-state index in [1.807, 2.05) is 25.1 Å². The second-order valence-electron chi connectivity index (χ2n) is 4.15. The van der Waals surface area contributed by atoms with Crippen molar-refractivity contribution in [2.45, 2.75) is 6.92 Å². The van der Waals surface area contributed by atoms with Crippen LogP contribution in [-0.2, 0) is 0 Å². The SMILES string of the molecule is Cc1cc(C#CCN)cc(NC(=O)c2ccc(Cl)s2)c1. The van der Waals surface area contributed by atoms with Crippen LogP contribution in [-0.4, -0.2) is 12.5 Å². The average Bonchev–Trinajstić information content (AvgIpc) is 2.82. The summed E-state index contributed by atoms with van der Waals surface area (Å²) in [5, 5.41) is 2.84. The first-order chi connectivity index (χ1) is 9.58. The molecular formula is C15H13ClN2OS. The van der Waals surface area contributed by atoms with Crippen molar-refractivity contribution in [1.82, 2.24) is 0 Å². The van der Waals surface area contributed by atoms with Gasteiger partial charge in [-0.15, -0.1) is 11.3 Å². The van der Waals surface area contributed by atoms with E-state index in [-0.39, 0.29) is 5.91 Å². The number of hydrogen-bond acceptors (Lipinski definition) is 3. The molecule has 1 amide bonds. The van der Waals surface area contributed by atoms with Crippen molar-refractivity contribution in [2.75, 3.05) is 11.9 Å². The van der Waals surface area contributed by atoms with Crippen molar-refractivity contribution in [3.05, 3.63) is 50.7 Å². The van der Waals surface area contributed by atoms with Crippen LogP contribution in [0.4, 0.5) is 5.69 Å². The van der Waals surface area contributed by atoms with Crippen LogP contribution in [0.15, 0.2) is 30.3 Å². The molecule has 5 heteroatoms. The second-order valence-corrected chi connectivity index (χ2v) is 5.87. The zero-order chi connectivity index (χ0) is 14.5. The predicted octanol–water partition coefficient (Wildman–Crippen LogP) is 3.27. The lowest BCUT2D eigenvalue weighted by atomic mass is 10.1. The standard InChI is InChI=1S/C15H13ClN2OS/c1-10-7-11(3-2-6-17)9-12(8-10)18-15(19)13-4-5-14(16)20-13/h4-5,7-9H,6,17H2,1H3,(H,18,19). The fourth-order valence-corrected chi connectivity index (χ4v) is 2.65. The number of nitrogens with one attached hydrogen (secondary N) is 1. The molecule has 1 aromatic heterocycles. The van der Waals surface area contributed by atoms with Gasteiger partial charge in [0.1, 0.15) is 0 Å². The van der Waals surface area contributed by atoms with Crippen molar-refractivity contribution in [2.24, 2.45) is 5.73 Å². The fourth-order valence-electron chi connectivity index (χ4n) is 1.71. The number of rotatable bonds is 2. The van der Waals surface area contributed by atoms with Gasteiger partial charge in [0.2, 0.25) is 0 Å². The molecule has 3 nitrogen and oxygen atoms in total. The molecule has 20 heavy (non-hydrogen) atoms. The van der Waals surface area contributed by atoms with Crippen LogP contribution in [0.5, 0.6) is 0 Å². The molecule has 0 saturated heterocycles. The van der Waals surface area contributed by atoms with E-state index in [0.29, 0.717) is 21.4 Å². The monoisotopic (exact) mass is 304 g/mol.